The molecule has 0 saturated carbocycles. The smallest absolute Gasteiger partial charge is 0.191 e. The van der Waals surface area contributed by atoms with Gasteiger partial charge in [-0.15, -0.1) is 0 Å². The molecule has 1 saturated heterocycles. The van der Waals surface area contributed by atoms with Crippen LogP contribution in [0.4, 0.5) is 0 Å². The van der Waals surface area contributed by atoms with Crippen LogP contribution in [0.5, 0.6) is 0 Å². The van der Waals surface area contributed by atoms with Gasteiger partial charge in [0.25, 0.3) is 0 Å². The van der Waals surface area contributed by atoms with Gasteiger partial charge in [0.15, 0.2) is 5.96 Å². The molecule has 2 heterocycles. The van der Waals surface area contributed by atoms with E-state index in [4.69, 9.17) is 4.74 Å². The Morgan fingerprint density at radius 3 is 2.93 bits per heavy atom. The van der Waals surface area contributed by atoms with Crippen molar-refractivity contribution in [3.8, 4) is 0 Å². The SMILES string of the molecule is CC1(CNC2=NCCCN2)CCOCC1. The van der Waals surface area contributed by atoms with Crippen LogP contribution in [0, 0.1) is 5.41 Å². The molecule has 0 aromatic carbocycles. The fraction of sp³-hybridized carbons (Fsp3) is 0.909. The Balaban J connectivity index is 1.78. The predicted molar refractivity (Wildman–Crippen MR) is 61.1 cm³/mol. The van der Waals surface area contributed by atoms with Gasteiger partial charge in [0, 0.05) is 32.8 Å². The second-order valence-electron chi connectivity index (χ2n) is 4.79. The summed E-state index contributed by atoms with van der Waals surface area (Å²) in [5.41, 5.74) is 0.375. The molecule has 1 fully saturated rings. The first kappa shape index (κ1) is 10.7. The number of nitrogens with one attached hydrogen (secondary N) is 2. The topological polar surface area (TPSA) is 45.7 Å². The fourth-order valence-electron chi connectivity index (χ4n) is 1.99. The minimum atomic E-state index is 0.375. The first-order valence-corrected chi connectivity index (χ1v) is 5.88. The van der Waals surface area contributed by atoms with Crippen LogP contribution < -0.4 is 10.6 Å². The zero-order valence-electron chi connectivity index (χ0n) is 9.51. The lowest BCUT2D eigenvalue weighted by Gasteiger charge is -2.34. The van der Waals surface area contributed by atoms with E-state index >= 15 is 0 Å². The molecule has 0 aromatic heterocycles. The maximum Gasteiger partial charge on any atom is 0.191 e. The molecular weight excluding hydrogens is 190 g/mol. The van der Waals surface area contributed by atoms with Gasteiger partial charge in [-0.3, -0.25) is 4.99 Å². The number of rotatable bonds is 2. The second kappa shape index (κ2) is 4.84. The van der Waals surface area contributed by atoms with Crippen molar-refractivity contribution in [1.29, 1.82) is 0 Å². The molecule has 15 heavy (non-hydrogen) atoms. The molecule has 0 atom stereocenters. The van der Waals surface area contributed by atoms with Crippen LogP contribution in [0.15, 0.2) is 4.99 Å². The van der Waals surface area contributed by atoms with Gasteiger partial charge in [-0.1, -0.05) is 6.92 Å². The summed E-state index contributed by atoms with van der Waals surface area (Å²) in [6.45, 7) is 7.13. The number of guanidine groups is 1. The van der Waals surface area contributed by atoms with Crippen molar-refractivity contribution < 1.29 is 4.74 Å². The molecule has 0 spiro atoms. The normalized spacial score (nSPS) is 25.3. The van der Waals surface area contributed by atoms with Gasteiger partial charge in [-0.2, -0.15) is 0 Å². The Morgan fingerprint density at radius 1 is 1.47 bits per heavy atom. The van der Waals surface area contributed by atoms with Gasteiger partial charge in [0.2, 0.25) is 0 Å². The Hall–Kier alpha value is -0.770. The van der Waals surface area contributed by atoms with Crippen molar-refractivity contribution in [3.63, 3.8) is 0 Å². The van der Waals surface area contributed by atoms with E-state index in [2.05, 4.69) is 22.5 Å². The van der Waals surface area contributed by atoms with Crippen molar-refractivity contribution in [2.75, 3.05) is 32.8 Å². The van der Waals surface area contributed by atoms with Crippen LogP contribution in [0.2, 0.25) is 0 Å². The summed E-state index contributed by atoms with van der Waals surface area (Å²) in [4.78, 5) is 4.41. The summed E-state index contributed by atoms with van der Waals surface area (Å²) in [6.07, 6.45) is 3.44. The third-order valence-corrected chi connectivity index (χ3v) is 3.28. The lowest BCUT2D eigenvalue weighted by atomic mass is 9.82. The molecule has 0 amide bonds. The van der Waals surface area contributed by atoms with E-state index in [9.17, 15) is 0 Å². The maximum absolute atomic E-state index is 5.38. The largest absolute Gasteiger partial charge is 0.381 e. The highest BCUT2D eigenvalue weighted by Gasteiger charge is 2.27. The molecule has 2 rings (SSSR count). The van der Waals surface area contributed by atoms with Gasteiger partial charge in [0.1, 0.15) is 0 Å². The zero-order chi connectivity index (χ0) is 10.6. The summed E-state index contributed by atoms with van der Waals surface area (Å²) >= 11 is 0. The number of aliphatic imine (C=N–C) groups is 1. The van der Waals surface area contributed by atoms with E-state index in [-0.39, 0.29) is 0 Å². The highest BCUT2D eigenvalue weighted by molar-refractivity contribution is 5.80. The molecular formula is C11H21N3O. The number of nitrogens with zero attached hydrogens (tertiary/aromatic N) is 1. The molecule has 0 aromatic rings. The minimum absolute atomic E-state index is 0.375. The van der Waals surface area contributed by atoms with Crippen LogP contribution in [0.3, 0.4) is 0 Å². The van der Waals surface area contributed by atoms with E-state index in [0.717, 1.165) is 58.1 Å². The molecule has 2 N–H and O–H groups in total. The summed E-state index contributed by atoms with van der Waals surface area (Å²) in [5, 5.41) is 6.70. The van der Waals surface area contributed by atoms with Gasteiger partial charge in [-0.25, -0.2) is 0 Å². The lowest BCUT2D eigenvalue weighted by Crippen LogP contribution is -2.46. The van der Waals surface area contributed by atoms with E-state index in [1.165, 1.54) is 0 Å². The predicted octanol–water partition coefficient (Wildman–Crippen LogP) is 0.742. The Morgan fingerprint density at radius 2 is 2.27 bits per heavy atom. The molecule has 4 nitrogen and oxygen atoms in total. The molecule has 0 radical (unpaired) electrons. The minimum Gasteiger partial charge on any atom is -0.381 e. The first-order chi connectivity index (χ1) is 7.29. The maximum atomic E-state index is 5.38. The highest BCUT2D eigenvalue weighted by Crippen LogP contribution is 2.28. The number of ether oxygens (including phenoxy) is 1. The van der Waals surface area contributed by atoms with E-state index in [1.54, 1.807) is 0 Å². The molecule has 0 aliphatic carbocycles. The summed E-state index contributed by atoms with van der Waals surface area (Å²) in [7, 11) is 0. The van der Waals surface area contributed by atoms with Crippen molar-refractivity contribution in [3.05, 3.63) is 0 Å². The molecule has 0 bridgehead atoms. The Kier molecular flexibility index (Phi) is 3.46. The quantitative estimate of drug-likeness (QED) is 0.708. The average molecular weight is 211 g/mol. The van der Waals surface area contributed by atoms with E-state index in [1.807, 2.05) is 0 Å². The van der Waals surface area contributed by atoms with Crippen LogP contribution in [-0.4, -0.2) is 38.8 Å². The van der Waals surface area contributed by atoms with Crippen molar-refractivity contribution >= 4 is 5.96 Å². The Labute approximate surface area is 91.5 Å². The zero-order valence-corrected chi connectivity index (χ0v) is 9.51. The standard InChI is InChI=1S/C11H21N3O/c1-11(3-7-15-8-4-11)9-14-10-12-5-2-6-13-10/h2-9H2,1H3,(H2,12,13,14). The third-order valence-electron chi connectivity index (χ3n) is 3.28. The fourth-order valence-corrected chi connectivity index (χ4v) is 1.99. The Bertz CT molecular complexity index is 234. The van der Waals surface area contributed by atoms with Crippen molar-refractivity contribution in [2.45, 2.75) is 26.2 Å². The molecule has 86 valence electrons. The molecule has 0 unspecified atom stereocenters. The van der Waals surface area contributed by atoms with Gasteiger partial charge in [0.05, 0.1) is 0 Å². The van der Waals surface area contributed by atoms with Gasteiger partial charge < -0.3 is 15.4 Å². The monoisotopic (exact) mass is 211 g/mol. The van der Waals surface area contributed by atoms with Crippen LogP contribution in [0.1, 0.15) is 26.2 Å². The number of hydrogen-bond donors (Lipinski definition) is 2. The van der Waals surface area contributed by atoms with E-state index < -0.39 is 0 Å². The van der Waals surface area contributed by atoms with Crippen LogP contribution >= 0.6 is 0 Å². The van der Waals surface area contributed by atoms with Gasteiger partial charge in [-0.05, 0) is 24.7 Å². The lowest BCUT2D eigenvalue weighted by molar-refractivity contribution is 0.0260. The summed E-state index contributed by atoms with van der Waals surface area (Å²) in [6, 6.07) is 0. The number of hydrogen-bond acceptors (Lipinski definition) is 4. The van der Waals surface area contributed by atoms with Crippen LogP contribution in [-0.2, 0) is 4.74 Å². The third kappa shape index (κ3) is 3.09. The van der Waals surface area contributed by atoms with Gasteiger partial charge >= 0.3 is 0 Å². The van der Waals surface area contributed by atoms with E-state index in [0.29, 0.717) is 5.41 Å². The highest BCUT2D eigenvalue weighted by atomic mass is 16.5. The summed E-state index contributed by atoms with van der Waals surface area (Å²) < 4.78 is 5.38. The average Bonchev–Trinajstić information content (AvgIpc) is 2.29. The molecule has 2 aliphatic rings. The van der Waals surface area contributed by atoms with Crippen molar-refractivity contribution in [1.82, 2.24) is 10.6 Å². The van der Waals surface area contributed by atoms with Crippen LogP contribution in [0.25, 0.3) is 0 Å². The second-order valence-corrected chi connectivity index (χ2v) is 4.79. The molecule has 4 heteroatoms. The molecule has 2 aliphatic heterocycles. The summed E-state index contributed by atoms with van der Waals surface area (Å²) in [5.74, 6) is 0.981. The first-order valence-electron chi connectivity index (χ1n) is 5.88. The van der Waals surface area contributed by atoms with Crippen molar-refractivity contribution in [2.24, 2.45) is 10.4 Å².